The standard InChI is InChI=1S/C10H13BrFN3/c1-6(2)14-10(13)15-7-3-4-8(11)9(12)5-7/h3-6H,1-2H3,(H3,13,14,15). The minimum absolute atomic E-state index is 0.109. The molecule has 1 rings (SSSR count). The Morgan fingerprint density at radius 1 is 1.53 bits per heavy atom. The van der Waals surface area contributed by atoms with E-state index in [1.165, 1.54) is 6.07 Å². The Balaban J connectivity index is 2.77. The molecule has 0 bridgehead atoms. The van der Waals surface area contributed by atoms with E-state index in [1.807, 2.05) is 13.8 Å². The lowest BCUT2D eigenvalue weighted by atomic mass is 10.3. The number of hydrogen-bond donors (Lipinski definition) is 2. The molecule has 3 N–H and O–H groups in total. The summed E-state index contributed by atoms with van der Waals surface area (Å²) in [4.78, 5) is 4.07. The highest BCUT2D eigenvalue weighted by atomic mass is 79.9. The molecule has 0 aliphatic heterocycles. The molecule has 0 atom stereocenters. The molecule has 1 aromatic carbocycles. The van der Waals surface area contributed by atoms with Crippen LogP contribution in [0.15, 0.2) is 27.7 Å². The predicted octanol–water partition coefficient (Wildman–Crippen LogP) is 2.72. The van der Waals surface area contributed by atoms with E-state index in [9.17, 15) is 4.39 Å². The van der Waals surface area contributed by atoms with Crippen LogP contribution in [0, 0.1) is 5.82 Å². The number of benzene rings is 1. The number of aliphatic imine (C=N–C) groups is 1. The average Bonchev–Trinajstić information content (AvgIpc) is 2.10. The number of guanidine groups is 1. The fourth-order valence-corrected chi connectivity index (χ4v) is 1.28. The zero-order valence-corrected chi connectivity index (χ0v) is 10.2. The number of halogens is 2. The molecule has 15 heavy (non-hydrogen) atoms. The van der Waals surface area contributed by atoms with E-state index in [0.717, 1.165) is 0 Å². The van der Waals surface area contributed by atoms with Crippen LogP contribution in [0.1, 0.15) is 13.8 Å². The molecule has 0 aliphatic carbocycles. The molecule has 1 aromatic rings. The SMILES string of the molecule is CC(C)N=C(N)Nc1ccc(Br)c(F)c1. The number of nitrogens with two attached hydrogens (primary N) is 1. The first-order valence-electron chi connectivity index (χ1n) is 4.54. The van der Waals surface area contributed by atoms with Crippen LogP contribution in [0.4, 0.5) is 10.1 Å². The van der Waals surface area contributed by atoms with Crippen LogP contribution in [-0.4, -0.2) is 12.0 Å². The molecule has 0 spiro atoms. The molecule has 0 heterocycles. The molecular weight excluding hydrogens is 261 g/mol. The Morgan fingerprint density at radius 2 is 2.20 bits per heavy atom. The van der Waals surface area contributed by atoms with Crippen LogP contribution in [0.3, 0.4) is 0 Å². The number of nitrogens with zero attached hydrogens (tertiary/aromatic N) is 1. The Labute approximate surface area is 96.7 Å². The lowest BCUT2D eigenvalue weighted by Gasteiger charge is -2.07. The van der Waals surface area contributed by atoms with Gasteiger partial charge in [0.15, 0.2) is 5.96 Å². The minimum atomic E-state index is -0.336. The Bertz CT molecular complexity index is 377. The molecular formula is C10H13BrFN3. The van der Waals surface area contributed by atoms with E-state index in [4.69, 9.17) is 5.73 Å². The van der Waals surface area contributed by atoms with Crippen molar-refractivity contribution in [1.29, 1.82) is 0 Å². The van der Waals surface area contributed by atoms with Crippen LogP contribution < -0.4 is 11.1 Å². The Morgan fingerprint density at radius 3 is 2.73 bits per heavy atom. The summed E-state index contributed by atoms with van der Waals surface area (Å²) in [7, 11) is 0. The van der Waals surface area contributed by atoms with Gasteiger partial charge in [0.25, 0.3) is 0 Å². The largest absolute Gasteiger partial charge is 0.370 e. The van der Waals surface area contributed by atoms with Gasteiger partial charge in [0.2, 0.25) is 0 Å². The van der Waals surface area contributed by atoms with Crippen LogP contribution in [0.2, 0.25) is 0 Å². The first-order chi connectivity index (χ1) is 6.99. The summed E-state index contributed by atoms with van der Waals surface area (Å²) in [6.45, 7) is 3.83. The van der Waals surface area contributed by atoms with Crippen molar-refractivity contribution < 1.29 is 4.39 Å². The van der Waals surface area contributed by atoms with Gasteiger partial charge >= 0.3 is 0 Å². The summed E-state index contributed by atoms with van der Waals surface area (Å²) in [6.07, 6.45) is 0. The number of anilines is 1. The van der Waals surface area contributed by atoms with Crippen molar-refractivity contribution in [2.24, 2.45) is 10.7 Å². The molecule has 0 amide bonds. The number of rotatable bonds is 2. The average molecular weight is 274 g/mol. The van der Waals surface area contributed by atoms with Gasteiger partial charge in [0.05, 0.1) is 4.47 Å². The highest BCUT2D eigenvalue weighted by Gasteiger charge is 2.01. The van der Waals surface area contributed by atoms with Crippen LogP contribution in [0.25, 0.3) is 0 Å². The predicted molar refractivity (Wildman–Crippen MR) is 64.5 cm³/mol. The zero-order valence-electron chi connectivity index (χ0n) is 8.59. The van der Waals surface area contributed by atoms with Crippen molar-refractivity contribution in [1.82, 2.24) is 0 Å². The molecule has 82 valence electrons. The summed E-state index contributed by atoms with van der Waals surface area (Å²) in [5.41, 5.74) is 6.18. The summed E-state index contributed by atoms with van der Waals surface area (Å²) < 4.78 is 13.5. The van der Waals surface area contributed by atoms with Crippen LogP contribution >= 0.6 is 15.9 Å². The van der Waals surface area contributed by atoms with Gasteiger partial charge in [-0.05, 0) is 48.0 Å². The van der Waals surface area contributed by atoms with E-state index in [-0.39, 0.29) is 17.8 Å². The second kappa shape index (κ2) is 5.11. The summed E-state index contributed by atoms with van der Waals surface area (Å²) >= 11 is 3.07. The summed E-state index contributed by atoms with van der Waals surface area (Å²) in [5.74, 6) is -0.0518. The van der Waals surface area contributed by atoms with E-state index >= 15 is 0 Å². The number of nitrogens with one attached hydrogen (secondary N) is 1. The lowest BCUT2D eigenvalue weighted by Crippen LogP contribution is -2.23. The topological polar surface area (TPSA) is 50.4 Å². The normalized spacial score (nSPS) is 11.9. The molecule has 0 radical (unpaired) electrons. The Hall–Kier alpha value is -1.10. The lowest BCUT2D eigenvalue weighted by molar-refractivity contribution is 0.622. The van der Waals surface area contributed by atoms with Crippen LogP contribution in [-0.2, 0) is 0 Å². The van der Waals surface area contributed by atoms with Gasteiger partial charge in [-0.2, -0.15) is 0 Å². The molecule has 0 fully saturated rings. The Kier molecular flexibility index (Phi) is 4.08. The van der Waals surface area contributed by atoms with Crippen molar-refractivity contribution >= 4 is 27.6 Å². The van der Waals surface area contributed by atoms with Gasteiger partial charge < -0.3 is 11.1 Å². The van der Waals surface area contributed by atoms with Crippen LogP contribution in [0.5, 0.6) is 0 Å². The van der Waals surface area contributed by atoms with E-state index in [1.54, 1.807) is 12.1 Å². The third kappa shape index (κ3) is 3.87. The number of hydrogen-bond acceptors (Lipinski definition) is 1. The molecule has 3 nitrogen and oxygen atoms in total. The first kappa shape index (κ1) is 12.0. The molecule has 0 aliphatic rings. The monoisotopic (exact) mass is 273 g/mol. The maximum Gasteiger partial charge on any atom is 0.193 e. The molecule has 0 unspecified atom stereocenters. The van der Waals surface area contributed by atoms with E-state index in [2.05, 4.69) is 26.2 Å². The maximum atomic E-state index is 13.1. The molecule has 5 heteroatoms. The third-order valence-electron chi connectivity index (χ3n) is 1.59. The van der Waals surface area contributed by atoms with E-state index in [0.29, 0.717) is 10.2 Å². The van der Waals surface area contributed by atoms with Gasteiger partial charge in [-0.1, -0.05) is 0 Å². The highest BCUT2D eigenvalue weighted by Crippen LogP contribution is 2.18. The first-order valence-corrected chi connectivity index (χ1v) is 5.33. The maximum absolute atomic E-state index is 13.1. The van der Waals surface area contributed by atoms with Gasteiger partial charge in [0, 0.05) is 11.7 Å². The fraction of sp³-hybridized carbons (Fsp3) is 0.300. The summed E-state index contributed by atoms with van der Waals surface area (Å²) in [5, 5.41) is 2.81. The van der Waals surface area contributed by atoms with Gasteiger partial charge in [-0.25, -0.2) is 4.39 Å². The smallest absolute Gasteiger partial charge is 0.193 e. The third-order valence-corrected chi connectivity index (χ3v) is 2.23. The highest BCUT2D eigenvalue weighted by molar-refractivity contribution is 9.10. The van der Waals surface area contributed by atoms with Crippen molar-refractivity contribution in [3.63, 3.8) is 0 Å². The van der Waals surface area contributed by atoms with Crippen molar-refractivity contribution in [2.75, 3.05) is 5.32 Å². The minimum Gasteiger partial charge on any atom is -0.370 e. The van der Waals surface area contributed by atoms with Gasteiger partial charge in [0.1, 0.15) is 5.82 Å². The van der Waals surface area contributed by atoms with Gasteiger partial charge in [-0.15, -0.1) is 0 Å². The van der Waals surface area contributed by atoms with Crippen molar-refractivity contribution in [3.05, 3.63) is 28.5 Å². The summed E-state index contributed by atoms with van der Waals surface area (Å²) in [6, 6.07) is 4.79. The fourth-order valence-electron chi connectivity index (χ4n) is 1.03. The molecule has 0 aromatic heterocycles. The second-order valence-corrected chi connectivity index (χ2v) is 4.22. The van der Waals surface area contributed by atoms with Gasteiger partial charge in [-0.3, -0.25) is 4.99 Å². The second-order valence-electron chi connectivity index (χ2n) is 3.36. The van der Waals surface area contributed by atoms with Crippen molar-refractivity contribution in [3.8, 4) is 0 Å². The molecule has 0 saturated heterocycles. The quantitative estimate of drug-likeness (QED) is 0.643. The molecule has 0 saturated carbocycles. The van der Waals surface area contributed by atoms with E-state index < -0.39 is 0 Å². The zero-order chi connectivity index (χ0) is 11.4. The van der Waals surface area contributed by atoms with Crippen molar-refractivity contribution in [2.45, 2.75) is 19.9 Å².